The summed E-state index contributed by atoms with van der Waals surface area (Å²) in [6.07, 6.45) is 0. The third kappa shape index (κ3) is 2.47. The molecule has 1 fully saturated rings. The van der Waals surface area contributed by atoms with Crippen molar-refractivity contribution in [2.24, 2.45) is 0 Å². The number of nitrogens with one attached hydrogen (secondary N) is 1. The van der Waals surface area contributed by atoms with Crippen LogP contribution in [-0.2, 0) is 4.79 Å². The first-order chi connectivity index (χ1) is 9.97. The van der Waals surface area contributed by atoms with Crippen LogP contribution in [0.2, 0.25) is 10.0 Å². The molecule has 0 radical (unpaired) electrons. The molecule has 1 aliphatic heterocycles. The number of halogens is 2. The highest BCUT2D eigenvalue weighted by Gasteiger charge is 2.26. The number of amides is 2. The van der Waals surface area contributed by atoms with Gasteiger partial charge in [0.05, 0.1) is 10.0 Å². The quantitative estimate of drug-likeness (QED) is 0.875. The Kier molecular flexibility index (Phi) is 3.55. The Morgan fingerprint density at radius 1 is 1.29 bits per heavy atom. The number of hydrogen-bond donors (Lipinski definition) is 1. The van der Waals surface area contributed by atoms with E-state index in [2.05, 4.69) is 4.98 Å². The predicted molar refractivity (Wildman–Crippen MR) is 81.9 cm³/mol. The number of rotatable bonds is 1. The zero-order chi connectivity index (χ0) is 15.1. The molecule has 0 atom stereocenters. The van der Waals surface area contributed by atoms with Gasteiger partial charge in [-0.05, 0) is 18.2 Å². The molecule has 110 valence electrons. The summed E-state index contributed by atoms with van der Waals surface area (Å²) >= 11 is 12.1. The van der Waals surface area contributed by atoms with E-state index in [-0.39, 0.29) is 18.4 Å². The Labute approximate surface area is 131 Å². The second kappa shape index (κ2) is 5.24. The molecular weight excluding hydrogens is 313 g/mol. The third-order valence-electron chi connectivity index (χ3n) is 3.67. The monoisotopic (exact) mass is 325 g/mol. The molecule has 2 heterocycles. The minimum atomic E-state index is -0.208. The number of benzene rings is 1. The Balaban J connectivity index is 1.92. The lowest BCUT2D eigenvalue weighted by Gasteiger charge is -2.31. The molecule has 1 aliphatic rings. The van der Waals surface area contributed by atoms with Crippen LogP contribution in [0.1, 0.15) is 10.5 Å². The second-order valence-electron chi connectivity index (χ2n) is 5.05. The standard InChI is InChI=1S/C14H13Cl2N3O2/c1-18-4-5-19(7-12(18)20)14(21)11-6-8-10(17-11)3-2-9(15)13(8)16/h2-3,6,17H,4-5,7H2,1H3. The molecule has 1 aromatic carbocycles. The van der Waals surface area contributed by atoms with E-state index in [0.29, 0.717) is 34.2 Å². The van der Waals surface area contributed by atoms with Crippen LogP contribution < -0.4 is 0 Å². The average molecular weight is 326 g/mol. The zero-order valence-electron chi connectivity index (χ0n) is 11.3. The predicted octanol–water partition coefficient (Wildman–Crippen LogP) is 2.39. The minimum Gasteiger partial charge on any atom is -0.350 e. The van der Waals surface area contributed by atoms with Gasteiger partial charge in [0, 0.05) is 31.0 Å². The SMILES string of the molecule is CN1CCN(C(=O)c2cc3c(Cl)c(Cl)ccc3[nH]2)CC1=O. The summed E-state index contributed by atoms with van der Waals surface area (Å²) < 4.78 is 0. The van der Waals surface area contributed by atoms with Crippen LogP contribution in [-0.4, -0.2) is 53.3 Å². The molecule has 1 N–H and O–H groups in total. The van der Waals surface area contributed by atoms with Gasteiger partial charge in [-0.2, -0.15) is 0 Å². The molecule has 7 heteroatoms. The van der Waals surface area contributed by atoms with Gasteiger partial charge in [-0.15, -0.1) is 0 Å². The highest BCUT2D eigenvalue weighted by molar-refractivity contribution is 6.45. The van der Waals surface area contributed by atoms with Gasteiger partial charge in [-0.25, -0.2) is 0 Å². The molecule has 5 nitrogen and oxygen atoms in total. The van der Waals surface area contributed by atoms with Crippen LogP contribution in [0.15, 0.2) is 18.2 Å². The summed E-state index contributed by atoms with van der Waals surface area (Å²) in [4.78, 5) is 30.3. The number of piperazine rings is 1. The number of likely N-dealkylation sites (N-methyl/N-ethyl adjacent to an activating group) is 1. The van der Waals surface area contributed by atoms with Crippen molar-refractivity contribution in [3.8, 4) is 0 Å². The Hall–Kier alpha value is -1.72. The number of carbonyl (C=O) groups excluding carboxylic acids is 2. The number of aromatic amines is 1. The van der Waals surface area contributed by atoms with Crippen molar-refractivity contribution in [1.29, 1.82) is 0 Å². The van der Waals surface area contributed by atoms with Crippen LogP contribution in [0.4, 0.5) is 0 Å². The molecule has 0 spiro atoms. The summed E-state index contributed by atoms with van der Waals surface area (Å²) in [5.41, 5.74) is 1.15. The van der Waals surface area contributed by atoms with Crippen molar-refractivity contribution in [1.82, 2.24) is 14.8 Å². The lowest BCUT2D eigenvalue weighted by atomic mass is 10.2. The number of H-pyrrole nitrogens is 1. The largest absolute Gasteiger partial charge is 0.350 e. The molecule has 0 aliphatic carbocycles. The Morgan fingerprint density at radius 2 is 2.05 bits per heavy atom. The molecular formula is C14H13Cl2N3O2. The van der Waals surface area contributed by atoms with E-state index in [4.69, 9.17) is 23.2 Å². The summed E-state index contributed by atoms with van der Waals surface area (Å²) in [5.74, 6) is -0.272. The first-order valence-corrected chi connectivity index (χ1v) is 7.23. The normalized spacial score (nSPS) is 15.9. The molecule has 0 saturated carbocycles. The van der Waals surface area contributed by atoms with E-state index in [9.17, 15) is 9.59 Å². The van der Waals surface area contributed by atoms with Crippen LogP contribution >= 0.6 is 23.2 Å². The van der Waals surface area contributed by atoms with Gasteiger partial charge in [-0.3, -0.25) is 9.59 Å². The van der Waals surface area contributed by atoms with Gasteiger partial charge < -0.3 is 14.8 Å². The highest BCUT2D eigenvalue weighted by Crippen LogP contribution is 2.31. The number of nitrogens with zero attached hydrogens (tertiary/aromatic N) is 2. The average Bonchev–Trinajstić information content (AvgIpc) is 2.90. The molecule has 0 bridgehead atoms. The molecule has 3 rings (SSSR count). The minimum absolute atomic E-state index is 0.0632. The lowest BCUT2D eigenvalue weighted by molar-refractivity contribution is -0.133. The maximum atomic E-state index is 12.5. The summed E-state index contributed by atoms with van der Waals surface area (Å²) in [6.45, 7) is 1.15. The molecule has 2 aromatic rings. The van der Waals surface area contributed by atoms with Crippen LogP contribution in [0.5, 0.6) is 0 Å². The first kappa shape index (κ1) is 14.2. The van der Waals surface area contributed by atoms with Crippen molar-refractivity contribution in [3.63, 3.8) is 0 Å². The second-order valence-corrected chi connectivity index (χ2v) is 5.83. The number of aromatic nitrogens is 1. The fourth-order valence-corrected chi connectivity index (χ4v) is 2.74. The molecule has 2 amide bonds. The molecule has 21 heavy (non-hydrogen) atoms. The maximum Gasteiger partial charge on any atom is 0.270 e. The summed E-state index contributed by atoms with van der Waals surface area (Å²) in [6, 6.07) is 5.13. The number of fused-ring (bicyclic) bond motifs is 1. The fraction of sp³-hybridized carbons (Fsp3) is 0.286. The Morgan fingerprint density at radius 3 is 2.76 bits per heavy atom. The van der Waals surface area contributed by atoms with E-state index in [1.807, 2.05) is 0 Å². The maximum absolute atomic E-state index is 12.5. The van der Waals surface area contributed by atoms with Crippen molar-refractivity contribution < 1.29 is 9.59 Å². The number of hydrogen-bond acceptors (Lipinski definition) is 2. The summed E-state index contributed by atoms with van der Waals surface area (Å²) in [7, 11) is 1.73. The van der Waals surface area contributed by atoms with Gasteiger partial charge in [0.25, 0.3) is 5.91 Å². The molecule has 0 unspecified atom stereocenters. The van der Waals surface area contributed by atoms with Crippen molar-refractivity contribution in [2.75, 3.05) is 26.7 Å². The zero-order valence-corrected chi connectivity index (χ0v) is 12.8. The first-order valence-electron chi connectivity index (χ1n) is 6.47. The van der Waals surface area contributed by atoms with Crippen LogP contribution in [0, 0.1) is 0 Å². The van der Waals surface area contributed by atoms with E-state index in [1.54, 1.807) is 30.1 Å². The molecule has 1 saturated heterocycles. The highest BCUT2D eigenvalue weighted by atomic mass is 35.5. The Bertz CT molecular complexity index is 741. The van der Waals surface area contributed by atoms with Crippen LogP contribution in [0.25, 0.3) is 10.9 Å². The van der Waals surface area contributed by atoms with E-state index >= 15 is 0 Å². The van der Waals surface area contributed by atoms with Crippen molar-refractivity contribution in [3.05, 3.63) is 33.9 Å². The van der Waals surface area contributed by atoms with Gasteiger partial charge in [0.1, 0.15) is 12.2 Å². The lowest BCUT2D eigenvalue weighted by Crippen LogP contribution is -2.50. The van der Waals surface area contributed by atoms with E-state index in [1.165, 1.54) is 4.90 Å². The van der Waals surface area contributed by atoms with E-state index < -0.39 is 0 Å². The van der Waals surface area contributed by atoms with Gasteiger partial charge in [0.15, 0.2) is 0 Å². The fourth-order valence-electron chi connectivity index (χ4n) is 2.36. The smallest absolute Gasteiger partial charge is 0.270 e. The van der Waals surface area contributed by atoms with Crippen molar-refractivity contribution >= 4 is 45.9 Å². The van der Waals surface area contributed by atoms with Gasteiger partial charge in [-0.1, -0.05) is 23.2 Å². The number of carbonyl (C=O) groups is 2. The third-order valence-corrected chi connectivity index (χ3v) is 4.48. The van der Waals surface area contributed by atoms with Gasteiger partial charge >= 0.3 is 0 Å². The summed E-state index contributed by atoms with van der Waals surface area (Å²) in [5, 5.41) is 1.56. The topological polar surface area (TPSA) is 56.4 Å². The van der Waals surface area contributed by atoms with Crippen molar-refractivity contribution in [2.45, 2.75) is 0 Å². The van der Waals surface area contributed by atoms with Crippen LogP contribution in [0.3, 0.4) is 0 Å². The molecule has 1 aromatic heterocycles. The van der Waals surface area contributed by atoms with E-state index in [0.717, 1.165) is 5.52 Å². The van der Waals surface area contributed by atoms with Gasteiger partial charge in [0.2, 0.25) is 5.91 Å².